The molecule has 1 aliphatic rings. The highest BCUT2D eigenvalue weighted by molar-refractivity contribution is 7.89. The first-order valence-corrected chi connectivity index (χ1v) is 9.87. The Bertz CT molecular complexity index is 709. The summed E-state index contributed by atoms with van der Waals surface area (Å²) in [6.45, 7) is 2.80. The van der Waals surface area contributed by atoms with Crippen LogP contribution in [0.15, 0.2) is 29.2 Å². The third kappa shape index (κ3) is 5.27. The normalized spacial score (nSPS) is 17.0. The van der Waals surface area contributed by atoms with E-state index in [1.807, 2.05) is 0 Å². The number of rotatable bonds is 7. The summed E-state index contributed by atoms with van der Waals surface area (Å²) in [7, 11) is -3.51. The summed E-state index contributed by atoms with van der Waals surface area (Å²) in [5.41, 5.74) is 0.347. The van der Waals surface area contributed by atoms with E-state index in [-0.39, 0.29) is 23.3 Å². The fourth-order valence-electron chi connectivity index (χ4n) is 2.75. The summed E-state index contributed by atoms with van der Waals surface area (Å²) in [4.78, 5) is 22.9. The first-order chi connectivity index (χ1) is 11.8. The number of amides is 1. The van der Waals surface area contributed by atoms with E-state index in [0.29, 0.717) is 25.1 Å². The van der Waals surface area contributed by atoms with E-state index >= 15 is 0 Å². The van der Waals surface area contributed by atoms with Crippen LogP contribution in [0, 0.1) is 0 Å². The van der Waals surface area contributed by atoms with Crippen LogP contribution in [-0.2, 0) is 14.8 Å². The van der Waals surface area contributed by atoms with Gasteiger partial charge in [0.15, 0.2) is 0 Å². The van der Waals surface area contributed by atoms with Crippen molar-refractivity contribution < 1.29 is 23.1 Å². The van der Waals surface area contributed by atoms with Crippen molar-refractivity contribution in [3.05, 3.63) is 29.8 Å². The average molecular weight is 368 g/mol. The Labute approximate surface area is 148 Å². The van der Waals surface area contributed by atoms with E-state index in [4.69, 9.17) is 5.11 Å². The molecule has 1 saturated heterocycles. The lowest BCUT2D eigenvalue weighted by Crippen LogP contribution is -2.35. The molecule has 1 amide bonds. The van der Waals surface area contributed by atoms with Gasteiger partial charge in [-0.25, -0.2) is 8.42 Å². The minimum Gasteiger partial charge on any atom is -0.481 e. The average Bonchev–Trinajstić information content (AvgIpc) is 2.61. The summed E-state index contributed by atoms with van der Waals surface area (Å²) in [5.74, 6) is -1.26. The first kappa shape index (κ1) is 19.4. The van der Waals surface area contributed by atoms with E-state index in [2.05, 4.69) is 5.32 Å². The van der Waals surface area contributed by atoms with Gasteiger partial charge < -0.3 is 10.4 Å². The number of nitrogens with zero attached hydrogens (tertiary/aromatic N) is 1. The SMILES string of the molecule is CC(CCC(=O)O)NC(=O)c1ccc(S(=O)(=O)N2CCCCC2)cc1. The highest BCUT2D eigenvalue weighted by Crippen LogP contribution is 2.20. The van der Waals surface area contributed by atoms with Crippen LogP contribution in [-0.4, -0.2) is 48.8 Å². The standard InChI is InChI=1S/C17H24N2O5S/c1-13(5-10-16(20)21)18-17(22)14-6-8-15(9-7-14)25(23,24)19-11-3-2-4-12-19/h6-9,13H,2-5,10-12H2,1H3,(H,18,22)(H,20,21). The van der Waals surface area contributed by atoms with Crippen molar-refractivity contribution in [2.45, 2.75) is 50.0 Å². The maximum Gasteiger partial charge on any atom is 0.303 e. The molecule has 0 saturated carbocycles. The molecule has 0 aromatic heterocycles. The van der Waals surface area contributed by atoms with E-state index in [9.17, 15) is 18.0 Å². The molecule has 2 N–H and O–H groups in total. The molecule has 7 nitrogen and oxygen atoms in total. The van der Waals surface area contributed by atoms with Gasteiger partial charge in [0, 0.05) is 31.1 Å². The molecule has 138 valence electrons. The molecule has 1 unspecified atom stereocenters. The van der Waals surface area contributed by atoms with Gasteiger partial charge in [0.2, 0.25) is 10.0 Å². The predicted molar refractivity (Wildman–Crippen MR) is 92.8 cm³/mol. The molecule has 8 heteroatoms. The number of hydrogen-bond donors (Lipinski definition) is 2. The molecule has 1 aliphatic heterocycles. The maximum atomic E-state index is 12.6. The molecule has 0 radical (unpaired) electrons. The van der Waals surface area contributed by atoms with Gasteiger partial charge in [-0.2, -0.15) is 4.31 Å². The fourth-order valence-corrected chi connectivity index (χ4v) is 4.27. The lowest BCUT2D eigenvalue weighted by Gasteiger charge is -2.25. The first-order valence-electron chi connectivity index (χ1n) is 8.43. The molecular weight excluding hydrogens is 344 g/mol. The van der Waals surface area contributed by atoms with Gasteiger partial charge in [0.25, 0.3) is 5.91 Å². The zero-order valence-electron chi connectivity index (χ0n) is 14.3. The number of benzene rings is 1. The number of carbonyl (C=O) groups excluding carboxylic acids is 1. The van der Waals surface area contributed by atoms with Gasteiger partial charge in [-0.15, -0.1) is 0 Å². The van der Waals surface area contributed by atoms with Crippen LogP contribution in [0.2, 0.25) is 0 Å². The van der Waals surface area contributed by atoms with E-state index in [1.165, 1.54) is 28.6 Å². The molecule has 0 spiro atoms. The van der Waals surface area contributed by atoms with Crippen LogP contribution in [0.4, 0.5) is 0 Å². The molecule has 2 rings (SSSR count). The van der Waals surface area contributed by atoms with E-state index < -0.39 is 16.0 Å². The summed E-state index contributed by atoms with van der Waals surface area (Å²) >= 11 is 0. The summed E-state index contributed by atoms with van der Waals surface area (Å²) in [6.07, 6.45) is 3.10. The van der Waals surface area contributed by atoms with Crippen LogP contribution < -0.4 is 5.32 Å². The second kappa shape index (κ2) is 8.44. The Kier molecular flexibility index (Phi) is 6.55. The lowest BCUT2D eigenvalue weighted by atomic mass is 10.1. The van der Waals surface area contributed by atoms with Crippen molar-refractivity contribution in [1.29, 1.82) is 0 Å². The minimum atomic E-state index is -3.51. The summed E-state index contributed by atoms with van der Waals surface area (Å²) < 4.78 is 26.6. The zero-order valence-corrected chi connectivity index (χ0v) is 15.1. The second-order valence-electron chi connectivity index (χ2n) is 6.30. The summed E-state index contributed by atoms with van der Waals surface area (Å²) in [6, 6.07) is 5.58. The number of carboxylic acids is 1. The summed E-state index contributed by atoms with van der Waals surface area (Å²) in [5, 5.41) is 11.4. The quantitative estimate of drug-likeness (QED) is 0.764. The number of sulfonamides is 1. The third-order valence-electron chi connectivity index (χ3n) is 4.24. The number of carbonyl (C=O) groups is 2. The predicted octanol–water partition coefficient (Wildman–Crippen LogP) is 1.84. The Morgan fingerprint density at radius 1 is 1.16 bits per heavy atom. The Morgan fingerprint density at radius 2 is 1.76 bits per heavy atom. The fraction of sp³-hybridized carbons (Fsp3) is 0.529. The van der Waals surface area contributed by atoms with Gasteiger partial charge in [-0.3, -0.25) is 9.59 Å². The smallest absolute Gasteiger partial charge is 0.303 e. The number of carboxylic acid groups (broad SMARTS) is 1. The van der Waals surface area contributed by atoms with Gasteiger partial charge in [0.1, 0.15) is 0 Å². The van der Waals surface area contributed by atoms with Crippen LogP contribution in [0.3, 0.4) is 0 Å². The molecular formula is C17H24N2O5S. The molecule has 25 heavy (non-hydrogen) atoms. The zero-order chi connectivity index (χ0) is 18.4. The molecule has 1 atom stereocenters. The maximum absolute atomic E-state index is 12.6. The van der Waals surface area contributed by atoms with Gasteiger partial charge in [-0.1, -0.05) is 6.42 Å². The van der Waals surface area contributed by atoms with Crippen LogP contribution in [0.25, 0.3) is 0 Å². The van der Waals surface area contributed by atoms with Crippen molar-refractivity contribution >= 4 is 21.9 Å². The molecule has 1 aromatic rings. The van der Waals surface area contributed by atoms with E-state index in [1.54, 1.807) is 6.92 Å². The lowest BCUT2D eigenvalue weighted by molar-refractivity contribution is -0.137. The number of aliphatic carboxylic acids is 1. The topological polar surface area (TPSA) is 104 Å². The highest BCUT2D eigenvalue weighted by Gasteiger charge is 2.26. The Morgan fingerprint density at radius 3 is 2.32 bits per heavy atom. The van der Waals surface area contributed by atoms with Crippen molar-refractivity contribution in [2.24, 2.45) is 0 Å². The molecule has 1 fully saturated rings. The monoisotopic (exact) mass is 368 g/mol. The minimum absolute atomic E-state index is 0.0194. The Balaban J connectivity index is 2.01. The van der Waals surface area contributed by atoms with Crippen molar-refractivity contribution in [1.82, 2.24) is 9.62 Å². The van der Waals surface area contributed by atoms with Crippen molar-refractivity contribution in [3.63, 3.8) is 0 Å². The van der Waals surface area contributed by atoms with Crippen LogP contribution in [0.1, 0.15) is 49.4 Å². The second-order valence-corrected chi connectivity index (χ2v) is 8.23. The van der Waals surface area contributed by atoms with Crippen molar-refractivity contribution in [3.8, 4) is 0 Å². The molecule has 1 heterocycles. The van der Waals surface area contributed by atoms with Gasteiger partial charge in [-0.05, 0) is 50.5 Å². The number of hydrogen-bond acceptors (Lipinski definition) is 4. The Hall–Kier alpha value is -1.93. The van der Waals surface area contributed by atoms with E-state index in [0.717, 1.165) is 19.3 Å². The third-order valence-corrected chi connectivity index (χ3v) is 6.15. The number of nitrogens with one attached hydrogen (secondary N) is 1. The van der Waals surface area contributed by atoms with Crippen LogP contribution in [0.5, 0.6) is 0 Å². The number of piperidine rings is 1. The molecule has 0 aliphatic carbocycles. The van der Waals surface area contributed by atoms with Gasteiger partial charge >= 0.3 is 5.97 Å². The molecule has 1 aromatic carbocycles. The van der Waals surface area contributed by atoms with Crippen LogP contribution >= 0.6 is 0 Å². The van der Waals surface area contributed by atoms with Gasteiger partial charge in [0.05, 0.1) is 4.90 Å². The molecule has 0 bridgehead atoms. The largest absolute Gasteiger partial charge is 0.481 e. The van der Waals surface area contributed by atoms with Crippen molar-refractivity contribution in [2.75, 3.05) is 13.1 Å². The highest BCUT2D eigenvalue weighted by atomic mass is 32.2.